The molecule has 7 nitrogen and oxygen atoms in total. The smallest absolute Gasteiger partial charge is 0.416 e. The molecule has 1 saturated heterocycles. The monoisotopic (exact) mass is 495 g/mol. The molecular formula is C26H24F3N5O2. The summed E-state index contributed by atoms with van der Waals surface area (Å²) < 4.78 is 46.0. The van der Waals surface area contributed by atoms with E-state index in [1.54, 1.807) is 12.1 Å². The van der Waals surface area contributed by atoms with Gasteiger partial charge in [-0.05, 0) is 54.6 Å². The number of hydrogen-bond acceptors (Lipinski definition) is 5. The van der Waals surface area contributed by atoms with Crippen molar-refractivity contribution in [3.63, 3.8) is 0 Å². The molecule has 0 aliphatic carbocycles. The predicted molar refractivity (Wildman–Crippen MR) is 131 cm³/mol. The second kappa shape index (κ2) is 9.54. The van der Waals surface area contributed by atoms with E-state index in [1.807, 2.05) is 40.8 Å². The van der Waals surface area contributed by atoms with Crippen LogP contribution in [-0.2, 0) is 13.2 Å². The standard InChI is InChI=1S/C26H24F3N5O2/c1-33-22-8-7-21(14-17(22)15-23(33)25(35)34-12-10-30-11-13-34)36-24-9-6-20(16-31-24)32-19-4-2-18(3-5-19)26(27,28)29/h2-9,14-16,30,32H,10-13H2,1H3. The van der Waals surface area contributed by atoms with E-state index in [2.05, 4.69) is 15.6 Å². The fraction of sp³-hybridized carbons (Fsp3) is 0.231. The topological polar surface area (TPSA) is 71.4 Å². The Bertz CT molecular complexity index is 1380. The lowest BCUT2D eigenvalue weighted by atomic mass is 10.2. The number of benzene rings is 2. The highest BCUT2D eigenvalue weighted by atomic mass is 19.4. The number of pyridine rings is 1. The Morgan fingerprint density at radius 2 is 1.72 bits per heavy atom. The Balaban J connectivity index is 1.27. The molecule has 3 heterocycles. The fourth-order valence-corrected chi connectivity index (χ4v) is 4.17. The summed E-state index contributed by atoms with van der Waals surface area (Å²) in [4.78, 5) is 19.1. The van der Waals surface area contributed by atoms with Gasteiger partial charge < -0.3 is 24.8 Å². The average Bonchev–Trinajstić information content (AvgIpc) is 3.20. The molecule has 10 heteroatoms. The van der Waals surface area contributed by atoms with Crippen LogP contribution < -0.4 is 15.4 Å². The first-order valence-electron chi connectivity index (χ1n) is 11.5. The molecule has 1 aliphatic rings. The zero-order valence-corrected chi connectivity index (χ0v) is 19.5. The summed E-state index contributed by atoms with van der Waals surface area (Å²) >= 11 is 0. The Hall–Kier alpha value is -4.05. The first-order valence-corrected chi connectivity index (χ1v) is 11.5. The lowest BCUT2D eigenvalue weighted by Gasteiger charge is -2.27. The summed E-state index contributed by atoms with van der Waals surface area (Å²) in [5.74, 6) is 0.945. The number of hydrogen-bond donors (Lipinski definition) is 2. The van der Waals surface area contributed by atoms with Gasteiger partial charge in [-0.2, -0.15) is 13.2 Å². The molecule has 186 valence electrons. The maximum Gasteiger partial charge on any atom is 0.416 e. The van der Waals surface area contributed by atoms with Gasteiger partial charge in [0, 0.05) is 55.9 Å². The Kier molecular flexibility index (Phi) is 6.27. The fourth-order valence-electron chi connectivity index (χ4n) is 4.17. The van der Waals surface area contributed by atoms with Gasteiger partial charge in [0.2, 0.25) is 5.88 Å². The van der Waals surface area contributed by atoms with E-state index in [1.165, 1.54) is 18.3 Å². The molecule has 2 N–H and O–H groups in total. The molecule has 36 heavy (non-hydrogen) atoms. The van der Waals surface area contributed by atoms with Crippen LogP contribution in [0.1, 0.15) is 16.1 Å². The first-order chi connectivity index (χ1) is 17.3. The number of ether oxygens (including phenoxy) is 1. The molecular weight excluding hydrogens is 471 g/mol. The molecule has 0 unspecified atom stereocenters. The van der Waals surface area contributed by atoms with Crippen molar-refractivity contribution in [3.8, 4) is 11.6 Å². The van der Waals surface area contributed by atoms with Gasteiger partial charge in [0.25, 0.3) is 5.91 Å². The van der Waals surface area contributed by atoms with Gasteiger partial charge in [0.05, 0.1) is 17.4 Å². The largest absolute Gasteiger partial charge is 0.439 e. The predicted octanol–water partition coefficient (Wildman–Crippen LogP) is 5.17. The summed E-state index contributed by atoms with van der Waals surface area (Å²) in [6.07, 6.45) is -2.83. The molecule has 2 aromatic heterocycles. The highest BCUT2D eigenvalue weighted by Crippen LogP contribution is 2.31. The van der Waals surface area contributed by atoms with Gasteiger partial charge >= 0.3 is 6.18 Å². The van der Waals surface area contributed by atoms with E-state index in [0.29, 0.717) is 41.8 Å². The normalized spacial score (nSPS) is 14.2. The highest BCUT2D eigenvalue weighted by molar-refractivity contribution is 5.99. The molecule has 0 bridgehead atoms. The number of aromatic nitrogens is 2. The van der Waals surface area contributed by atoms with Crippen molar-refractivity contribution in [3.05, 3.63) is 78.1 Å². The van der Waals surface area contributed by atoms with Crippen LogP contribution in [0.4, 0.5) is 24.5 Å². The molecule has 0 radical (unpaired) electrons. The molecule has 0 spiro atoms. The molecule has 0 saturated carbocycles. The van der Waals surface area contributed by atoms with Gasteiger partial charge in [0.1, 0.15) is 11.4 Å². The van der Waals surface area contributed by atoms with Crippen molar-refractivity contribution in [1.29, 1.82) is 0 Å². The van der Waals surface area contributed by atoms with E-state index in [4.69, 9.17) is 4.74 Å². The number of carbonyl (C=O) groups is 1. The third-order valence-corrected chi connectivity index (χ3v) is 6.10. The van der Waals surface area contributed by atoms with Crippen molar-refractivity contribution in [2.24, 2.45) is 7.05 Å². The summed E-state index contributed by atoms with van der Waals surface area (Å²) in [5, 5.41) is 7.15. The third kappa shape index (κ3) is 4.99. The van der Waals surface area contributed by atoms with Gasteiger partial charge in [-0.15, -0.1) is 0 Å². The summed E-state index contributed by atoms with van der Waals surface area (Å²) in [6.45, 7) is 2.95. The van der Waals surface area contributed by atoms with Crippen LogP contribution in [0.5, 0.6) is 11.6 Å². The molecule has 2 aromatic carbocycles. The van der Waals surface area contributed by atoms with Crippen LogP contribution in [0, 0.1) is 0 Å². The number of anilines is 2. The molecule has 5 rings (SSSR count). The quantitative estimate of drug-likeness (QED) is 0.400. The SMILES string of the molecule is Cn1c(C(=O)N2CCNCC2)cc2cc(Oc3ccc(Nc4ccc(C(F)(F)F)cc4)cn3)ccc21. The number of nitrogens with one attached hydrogen (secondary N) is 2. The Morgan fingerprint density at radius 1 is 1.00 bits per heavy atom. The minimum Gasteiger partial charge on any atom is -0.439 e. The van der Waals surface area contributed by atoms with E-state index in [9.17, 15) is 18.0 Å². The minimum atomic E-state index is -4.37. The second-order valence-electron chi connectivity index (χ2n) is 8.54. The van der Waals surface area contributed by atoms with Gasteiger partial charge in [-0.1, -0.05) is 0 Å². The number of aryl methyl sites for hydroxylation is 1. The molecule has 1 amide bonds. The maximum absolute atomic E-state index is 13.0. The van der Waals surface area contributed by atoms with Crippen molar-refractivity contribution in [2.75, 3.05) is 31.5 Å². The third-order valence-electron chi connectivity index (χ3n) is 6.10. The van der Waals surface area contributed by atoms with E-state index < -0.39 is 11.7 Å². The molecule has 0 atom stereocenters. The highest BCUT2D eigenvalue weighted by Gasteiger charge is 2.30. The summed E-state index contributed by atoms with van der Waals surface area (Å²) in [6, 6.07) is 15.6. The lowest BCUT2D eigenvalue weighted by molar-refractivity contribution is -0.137. The van der Waals surface area contributed by atoms with Gasteiger partial charge in [-0.3, -0.25) is 4.79 Å². The Labute approximate surface area is 205 Å². The number of halogens is 3. The zero-order chi connectivity index (χ0) is 25.3. The molecule has 1 aliphatic heterocycles. The Morgan fingerprint density at radius 3 is 2.39 bits per heavy atom. The van der Waals surface area contributed by atoms with Gasteiger partial charge in [0.15, 0.2) is 0 Å². The van der Waals surface area contributed by atoms with Crippen LogP contribution in [0.2, 0.25) is 0 Å². The average molecular weight is 496 g/mol. The van der Waals surface area contributed by atoms with Crippen molar-refractivity contribution >= 4 is 28.2 Å². The summed E-state index contributed by atoms with van der Waals surface area (Å²) in [7, 11) is 1.88. The number of fused-ring (bicyclic) bond motifs is 1. The van der Waals surface area contributed by atoms with E-state index in [-0.39, 0.29) is 5.91 Å². The van der Waals surface area contributed by atoms with Gasteiger partial charge in [-0.25, -0.2) is 4.98 Å². The molecule has 1 fully saturated rings. The number of nitrogens with zero attached hydrogens (tertiary/aromatic N) is 3. The number of carbonyl (C=O) groups excluding carboxylic acids is 1. The maximum atomic E-state index is 13.0. The zero-order valence-electron chi connectivity index (χ0n) is 19.5. The second-order valence-corrected chi connectivity index (χ2v) is 8.54. The van der Waals surface area contributed by atoms with E-state index in [0.717, 1.165) is 36.1 Å². The minimum absolute atomic E-state index is 0.00969. The number of alkyl halides is 3. The van der Waals surface area contributed by atoms with Crippen molar-refractivity contribution in [2.45, 2.75) is 6.18 Å². The van der Waals surface area contributed by atoms with Crippen LogP contribution in [0.25, 0.3) is 10.9 Å². The van der Waals surface area contributed by atoms with Crippen molar-refractivity contribution < 1.29 is 22.7 Å². The first kappa shape index (κ1) is 23.7. The van der Waals surface area contributed by atoms with E-state index >= 15 is 0 Å². The summed E-state index contributed by atoms with van der Waals surface area (Å²) in [5.41, 5.74) is 1.96. The number of piperazine rings is 1. The number of rotatable bonds is 5. The van der Waals surface area contributed by atoms with Crippen LogP contribution in [-0.4, -0.2) is 46.5 Å². The number of amides is 1. The van der Waals surface area contributed by atoms with Crippen LogP contribution in [0.15, 0.2) is 66.9 Å². The van der Waals surface area contributed by atoms with Crippen LogP contribution in [0.3, 0.4) is 0 Å². The lowest BCUT2D eigenvalue weighted by Crippen LogP contribution is -2.46. The van der Waals surface area contributed by atoms with Crippen molar-refractivity contribution in [1.82, 2.24) is 19.8 Å². The van der Waals surface area contributed by atoms with Crippen LogP contribution >= 0.6 is 0 Å². The molecule has 4 aromatic rings.